The van der Waals surface area contributed by atoms with Crippen LogP contribution in [0.15, 0.2) is 12.4 Å². The van der Waals surface area contributed by atoms with Crippen molar-refractivity contribution in [2.45, 2.75) is 0 Å². The van der Waals surface area contributed by atoms with Crippen LogP contribution in [0.5, 0.6) is 0 Å². The van der Waals surface area contributed by atoms with E-state index in [1.807, 2.05) is 12.4 Å². The molecule has 0 atom stereocenters. The van der Waals surface area contributed by atoms with Crippen molar-refractivity contribution in [3.05, 3.63) is 12.4 Å². The molecule has 0 spiro atoms. The van der Waals surface area contributed by atoms with Gasteiger partial charge in [-0.15, -0.1) is 0 Å². The fourth-order valence-corrected chi connectivity index (χ4v) is 0.295. The summed E-state index contributed by atoms with van der Waals surface area (Å²) < 4.78 is 0. The molecule has 0 aromatic heterocycles. The number of nitrogens with one attached hydrogen (secondary N) is 2. The van der Waals surface area contributed by atoms with Gasteiger partial charge in [-0.2, -0.15) is 0 Å². The standard InChI is InChI=1S/C3H6N2.C3H7NO/c1-2-5-3-4-1;1-4(2)3-5/h1-2,4-5H,3H2;3H,1-2H3. The predicted molar refractivity (Wildman–Crippen MR) is 40.0 cm³/mol. The summed E-state index contributed by atoms with van der Waals surface area (Å²) in [4.78, 5) is 10.9. The van der Waals surface area contributed by atoms with Crippen molar-refractivity contribution in [1.82, 2.24) is 15.5 Å². The average molecular weight is 143 g/mol. The predicted octanol–water partition coefficient (Wildman–Crippen LogP) is -0.688. The molecule has 0 aliphatic carbocycles. The Balaban J connectivity index is 0.000000162. The Morgan fingerprint density at radius 3 is 1.90 bits per heavy atom. The Bertz CT molecular complexity index is 106. The second kappa shape index (κ2) is 5.94. The summed E-state index contributed by atoms with van der Waals surface area (Å²) in [5.74, 6) is 0. The van der Waals surface area contributed by atoms with Gasteiger partial charge in [0.05, 0.1) is 6.67 Å². The molecule has 1 aliphatic heterocycles. The third-order valence-electron chi connectivity index (χ3n) is 0.734. The van der Waals surface area contributed by atoms with E-state index < -0.39 is 0 Å². The molecule has 2 N–H and O–H groups in total. The summed E-state index contributed by atoms with van der Waals surface area (Å²) in [6.07, 6.45) is 4.50. The van der Waals surface area contributed by atoms with Gasteiger partial charge in [-0.1, -0.05) is 0 Å². The number of amides is 1. The summed E-state index contributed by atoms with van der Waals surface area (Å²) in [6.45, 7) is 0.889. The van der Waals surface area contributed by atoms with Crippen LogP contribution in [0.4, 0.5) is 0 Å². The van der Waals surface area contributed by atoms with Gasteiger partial charge < -0.3 is 15.5 Å². The molecule has 0 bridgehead atoms. The van der Waals surface area contributed by atoms with Gasteiger partial charge >= 0.3 is 0 Å². The first kappa shape index (κ1) is 8.81. The molecule has 0 aromatic carbocycles. The van der Waals surface area contributed by atoms with Crippen molar-refractivity contribution in [1.29, 1.82) is 0 Å². The smallest absolute Gasteiger partial charge is 0.209 e. The van der Waals surface area contributed by atoms with Crippen molar-refractivity contribution in [3.63, 3.8) is 0 Å². The van der Waals surface area contributed by atoms with Crippen LogP contribution in [-0.4, -0.2) is 32.1 Å². The van der Waals surface area contributed by atoms with Gasteiger partial charge in [-0.25, -0.2) is 0 Å². The summed E-state index contributed by atoms with van der Waals surface area (Å²) in [7, 11) is 3.38. The highest BCUT2D eigenvalue weighted by atomic mass is 16.1. The summed E-state index contributed by atoms with van der Waals surface area (Å²) >= 11 is 0. The second-order valence-electron chi connectivity index (χ2n) is 1.99. The van der Waals surface area contributed by atoms with Gasteiger partial charge in [0.2, 0.25) is 6.41 Å². The minimum Gasteiger partial charge on any atom is -0.373 e. The molecule has 0 fully saturated rings. The van der Waals surface area contributed by atoms with Crippen LogP contribution in [-0.2, 0) is 4.79 Å². The molecule has 1 amide bonds. The molecule has 0 unspecified atom stereocenters. The van der Waals surface area contributed by atoms with Gasteiger partial charge in [0.15, 0.2) is 0 Å². The topological polar surface area (TPSA) is 44.4 Å². The highest BCUT2D eigenvalue weighted by Crippen LogP contribution is 1.65. The molecule has 4 nitrogen and oxygen atoms in total. The van der Waals surface area contributed by atoms with Gasteiger partial charge in [0, 0.05) is 26.5 Å². The Morgan fingerprint density at radius 1 is 1.40 bits per heavy atom. The molecule has 58 valence electrons. The lowest BCUT2D eigenvalue weighted by molar-refractivity contribution is -0.115. The SMILES string of the molecule is C1=CNCN1.CN(C)C=O. The molecule has 1 aliphatic rings. The van der Waals surface area contributed by atoms with Crippen LogP contribution in [0.1, 0.15) is 0 Å². The maximum absolute atomic E-state index is 9.43. The molecule has 1 rings (SSSR count). The van der Waals surface area contributed by atoms with Crippen molar-refractivity contribution in [2.75, 3.05) is 20.8 Å². The zero-order valence-electron chi connectivity index (χ0n) is 6.29. The molecular formula is C6H13N3O. The minimum absolute atomic E-state index is 0.750. The quantitative estimate of drug-likeness (QED) is 0.478. The molecule has 10 heavy (non-hydrogen) atoms. The highest BCUT2D eigenvalue weighted by Gasteiger charge is 1.77. The van der Waals surface area contributed by atoms with E-state index in [0.29, 0.717) is 0 Å². The molecule has 1 heterocycles. The van der Waals surface area contributed by atoms with Crippen molar-refractivity contribution in [2.24, 2.45) is 0 Å². The van der Waals surface area contributed by atoms with Crippen molar-refractivity contribution < 1.29 is 4.79 Å². The van der Waals surface area contributed by atoms with Crippen LogP contribution < -0.4 is 10.6 Å². The third-order valence-corrected chi connectivity index (χ3v) is 0.734. The van der Waals surface area contributed by atoms with E-state index in [1.54, 1.807) is 14.1 Å². The van der Waals surface area contributed by atoms with E-state index >= 15 is 0 Å². The fraction of sp³-hybridized carbons (Fsp3) is 0.500. The van der Waals surface area contributed by atoms with E-state index in [1.165, 1.54) is 4.90 Å². The monoisotopic (exact) mass is 143 g/mol. The molecular weight excluding hydrogens is 130 g/mol. The number of rotatable bonds is 1. The first-order chi connectivity index (χ1) is 4.77. The lowest BCUT2D eigenvalue weighted by Crippen LogP contribution is -2.10. The first-order valence-electron chi connectivity index (χ1n) is 3.01. The Kier molecular flexibility index (Phi) is 5.23. The molecule has 0 saturated heterocycles. The number of hydrogen-bond donors (Lipinski definition) is 2. The van der Waals surface area contributed by atoms with Crippen LogP contribution in [0.2, 0.25) is 0 Å². The van der Waals surface area contributed by atoms with Crippen LogP contribution >= 0.6 is 0 Å². The normalized spacial score (nSPS) is 12.2. The average Bonchev–Trinajstić information content (AvgIpc) is 2.43. The summed E-state index contributed by atoms with van der Waals surface area (Å²) in [6, 6.07) is 0. The maximum Gasteiger partial charge on any atom is 0.209 e. The lowest BCUT2D eigenvalue weighted by atomic mass is 11.0. The molecule has 0 aromatic rings. The first-order valence-corrected chi connectivity index (χ1v) is 3.01. The van der Waals surface area contributed by atoms with Gasteiger partial charge in [-0.05, 0) is 0 Å². The van der Waals surface area contributed by atoms with E-state index in [-0.39, 0.29) is 0 Å². The number of carbonyl (C=O) groups is 1. The summed E-state index contributed by atoms with van der Waals surface area (Å²) in [5, 5.41) is 5.86. The molecule has 0 saturated carbocycles. The van der Waals surface area contributed by atoms with Crippen molar-refractivity contribution in [3.8, 4) is 0 Å². The van der Waals surface area contributed by atoms with E-state index in [2.05, 4.69) is 10.6 Å². The molecule has 0 radical (unpaired) electrons. The highest BCUT2D eigenvalue weighted by molar-refractivity contribution is 5.45. The third kappa shape index (κ3) is 6.81. The van der Waals surface area contributed by atoms with Crippen LogP contribution in [0, 0.1) is 0 Å². The van der Waals surface area contributed by atoms with Gasteiger partial charge in [0.25, 0.3) is 0 Å². The van der Waals surface area contributed by atoms with E-state index in [0.717, 1.165) is 13.1 Å². The zero-order valence-corrected chi connectivity index (χ0v) is 6.29. The fourth-order valence-electron chi connectivity index (χ4n) is 0.295. The largest absolute Gasteiger partial charge is 0.373 e. The Labute approximate surface area is 60.9 Å². The lowest BCUT2D eigenvalue weighted by Gasteiger charge is -1.93. The van der Waals surface area contributed by atoms with Crippen LogP contribution in [0.25, 0.3) is 0 Å². The number of carbonyl (C=O) groups excluding carboxylic acids is 1. The summed E-state index contributed by atoms with van der Waals surface area (Å²) in [5.41, 5.74) is 0. The van der Waals surface area contributed by atoms with Crippen molar-refractivity contribution >= 4 is 6.41 Å². The zero-order chi connectivity index (χ0) is 7.82. The van der Waals surface area contributed by atoms with E-state index in [4.69, 9.17) is 0 Å². The van der Waals surface area contributed by atoms with Crippen LogP contribution in [0.3, 0.4) is 0 Å². The second-order valence-corrected chi connectivity index (χ2v) is 1.99. The maximum atomic E-state index is 9.43. The Morgan fingerprint density at radius 2 is 1.80 bits per heavy atom. The number of hydrogen-bond acceptors (Lipinski definition) is 3. The van der Waals surface area contributed by atoms with Gasteiger partial charge in [-0.3, -0.25) is 4.79 Å². The number of nitrogens with zero attached hydrogens (tertiary/aromatic N) is 1. The minimum atomic E-state index is 0.750. The van der Waals surface area contributed by atoms with E-state index in [9.17, 15) is 4.79 Å². The van der Waals surface area contributed by atoms with Gasteiger partial charge in [0.1, 0.15) is 0 Å². The molecule has 4 heteroatoms. The Hall–Kier alpha value is -1.19.